The highest BCUT2D eigenvalue weighted by molar-refractivity contribution is 7.80. The zero-order chi connectivity index (χ0) is 48.2. The fraction of sp³-hybridized carbons (Fsp3) is 0.679. The number of carbonyl (C=O) groups is 1. The van der Waals surface area contributed by atoms with Crippen molar-refractivity contribution in [1.82, 2.24) is 0 Å². The van der Waals surface area contributed by atoms with Gasteiger partial charge in [0.2, 0.25) is 0 Å². The maximum Gasteiger partial charge on any atom is 0.397 e. The van der Waals surface area contributed by atoms with Crippen LogP contribution in [-0.4, -0.2) is 97.5 Å². The SMILES string of the molecule is CC/C=C\C/C=C\C/C=C\C/C=C\C/C=C\CCCC(=O)OC(COCCCCCCCCC/C=C\C/C=C\C/C=C\CCCCCCC)COC1OC(CO)C(O)C(OS(=O)(=O)O)C1O. The van der Waals surface area contributed by atoms with Crippen LogP contribution in [0.2, 0.25) is 0 Å². The number of rotatable bonds is 42. The molecule has 0 radical (unpaired) electrons. The highest BCUT2D eigenvalue weighted by Crippen LogP contribution is 2.26. The lowest BCUT2D eigenvalue weighted by molar-refractivity contribution is -0.301. The van der Waals surface area contributed by atoms with Crippen LogP contribution in [0, 0.1) is 0 Å². The number of allylic oxidation sites excluding steroid dienone is 16. The second kappa shape index (κ2) is 43.3. The van der Waals surface area contributed by atoms with E-state index in [4.69, 9.17) is 18.9 Å². The van der Waals surface area contributed by atoms with Gasteiger partial charge in [-0.2, -0.15) is 8.42 Å². The normalized spacial score (nSPS) is 20.4. The smallest absolute Gasteiger partial charge is 0.397 e. The maximum atomic E-state index is 12.9. The van der Waals surface area contributed by atoms with Crippen molar-refractivity contribution < 1.29 is 56.2 Å². The second-order valence-electron chi connectivity index (χ2n) is 16.7. The fourth-order valence-electron chi connectivity index (χ4n) is 6.95. The topological polar surface area (TPSA) is 178 Å². The van der Waals surface area contributed by atoms with Crippen molar-refractivity contribution in [3.8, 4) is 0 Å². The van der Waals surface area contributed by atoms with Crippen LogP contribution in [0.15, 0.2) is 97.2 Å². The molecular formula is C53H88O12S. The molecule has 0 saturated carbocycles. The lowest BCUT2D eigenvalue weighted by Gasteiger charge is -2.41. The molecule has 378 valence electrons. The Labute approximate surface area is 399 Å². The third kappa shape index (κ3) is 36.1. The van der Waals surface area contributed by atoms with E-state index in [1.54, 1.807) is 0 Å². The summed E-state index contributed by atoms with van der Waals surface area (Å²) in [5.74, 6) is -0.463. The molecule has 1 aliphatic rings. The fourth-order valence-corrected chi connectivity index (χ4v) is 7.46. The summed E-state index contributed by atoms with van der Waals surface area (Å²) >= 11 is 0. The van der Waals surface area contributed by atoms with E-state index >= 15 is 0 Å². The van der Waals surface area contributed by atoms with E-state index in [9.17, 15) is 33.1 Å². The van der Waals surface area contributed by atoms with Gasteiger partial charge in [-0.15, -0.1) is 0 Å². The van der Waals surface area contributed by atoms with Crippen LogP contribution in [0.25, 0.3) is 0 Å². The standard InChI is InChI=1S/C53H88O12S/c1-3-5-7-9-11-13-15-17-19-21-22-23-24-25-27-29-31-33-35-37-39-41-43-61-45-47(46-62-53-51(57)52(65-66(58,59)60)50(56)48(44-54)64-53)63-49(55)42-40-38-36-34-32-30-28-26-20-18-16-14-12-10-8-6-4-2/h6,8,12,14-15,17-18,20-22,24-25,28,30,34,36,47-48,50-54,56-57H,3-5,7,9-11,13,16,19,23,26-27,29,31-33,35,37-46H2,1-2H3,(H,58,59,60)/b8-6-,14-12-,17-15-,20-18-,22-21-,25-24-,30-28-,36-34-. The monoisotopic (exact) mass is 949 g/mol. The van der Waals surface area contributed by atoms with Crippen LogP contribution in [0.1, 0.15) is 168 Å². The maximum absolute atomic E-state index is 12.9. The minimum absolute atomic E-state index is 0.0000602. The number of hydrogen-bond donors (Lipinski definition) is 4. The van der Waals surface area contributed by atoms with Crippen LogP contribution in [-0.2, 0) is 38.3 Å². The van der Waals surface area contributed by atoms with Gasteiger partial charge in [-0.25, -0.2) is 4.18 Å². The summed E-state index contributed by atoms with van der Waals surface area (Å²) in [5, 5.41) is 30.7. The Kier molecular flexibility index (Phi) is 40.1. The summed E-state index contributed by atoms with van der Waals surface area (Å²) in [4.78, 5) is 12.9. The largest absolute Gasteiger partial charge is 0.457 e. The molecule has 0 bridgehead atoms. The van der Waals surface area contributed by atoms with Crippen molar-refractivity contribution >= 4 is 16.4 Å². The minimum Gasteiger partial charge on any atom is -0.457 e. The Morgan fingerprint density at radius 1 is 0.591 bits per heavy atom. The Bertz CT molecular complexity index is 1520. The van der Waals surface area contributed by atoms with Crippen LogP contribution in [0.5, 0.6) is 0 Å². The molecular weight excluding hydrogens is 861 g/mol. The Balaban J connectivity index is 2.43. The van der Waals surface area contributed by atoms with Crippen molar-refractivity contribution in [1.29, 1.82) is 0 Å². The van der Waals surface area contributed by atoms with E-state index in [0.29, 0.717) is 19.4 Å². The molecule has 13 heteroatoms. The predicted octanol–water partition coefficient (Wildman–Crippen LogP) is 11.4. The molecule has 0 spiro atoms. The van der Waals surface area contributed by atoms with E-state index in [0.717, 1.165) is 77.0 Å². The molecule has 12 nitrogen and oxygen atoms in total. The van der Waals surface area contributed by atoms with Gasteiger partial charge in [-0.3, -0.25) is 9.35 Å². The quantitative estimate of drug-likeness (QED) is 0.0197. The van der Waals surface area contributed by atoms with E-state index < -0.39 is 59.8 Å². The summed E-state index contributed by atoms with van der Waals surface area (Å²) in [6.07, 6.45) is 50.2. The number of hydrogen-bond acceptors (Lipinski definition) is 11. The van der Waals surface area contributed by atoms with Gasteiger partial charge >= 0.3 is 16.4 Å². The minimum atomic E-state index is -5.08. The lowest BCUT2D eigenvalue weighted by atomic mass is 9.99. The second-order valence-corrected chi connectivity index (χ2v) is 17.7. The van der Waals surface area contributed by atoms with Gasteiger partial charge in [-0.05, 0) is 89.9 Å². The average molecular weight is 949 g/mol. The highest BCUT2D eigenvalue weighted by Gasteiger charge is 2.48. The van der Waals surface area contributed by atoms with Crippen molar-refractivity contribution in [3.05, 3.63) is 97.2 Å². The first kappa shape index (κ1) is 61.0. The van der Waals surface area contributed by atoms with Crippen molar-refractivity contribution in [3.63, 3.8) is 0 Å². The van der Waals surface area contributed by atoms with Gasteiger partial charge in [0.1, 0.15) is 30.5 Å². The molecule has 66 heavy (non-hydrogen) atoms. The molecule has 4 N–H and O–H groups in total. The molecule has 0 aromatic carbocycles. The van der Waals surface area contributed by atoms with Gasteiger partial charge in [-0.1, -0.05) is 169 Å². The number of aliphatic hydroxyl groups excluding tert-OH is 3. The van der Waals surface area contributed by atoms with Gasteiger partial charge in [0.05, 0.1) is 19.8 Å². The van der Waals surface area contributed by atoms with E-state index in [1.165, 1.54) is 57.8 Å². The summed E-state index contributed by atoms with van der Waals surface area (Å²) < 4.78 is 59.1. The molecule has 0 aromatic heterocycles. The Hall–Kier alpha value is -2.98. The van der Waals surface area contributed by atoms with E-state index in [-0.39, 0.29) is 19.6 Å². The highest BCUT2D eigenvalue weighted by atomic mass is 32.3. The molecule has 6 atom stereocenters. The summed E-state index contributed by atoms with van der Waals surface area (Å²) in [6, 6.07) is 0. The molecule has 0 aliphatic carbocycles. The zero-order valence-corrected chi connectivity index (χ0v) is 41.3. The average Bonchev–Trinajstić information content (AvgIpc) is 3.29. The van der Waals surface area contributed by atoms with Crippen LogP contribution in [0.3, 0.4) is 0 Å². The van der Waals surface area contributed by atoms with Crippen LogP contribution in [0.4, 0.5) is 0 Å². The number of carbonyl (C=O) groups excluding carboxylic acids is 1. The number of esters is 1. The van der Waals surface area contributed by atoms with Gasteiger partial charge < -0.3 is 34.3 Å². The predicted molar refractivity (Wildman–Crippen MR) is 266 cm³/mol. The summed E-state index contributed by atoms with van der Waals surface area (Å²) in [6.45, 7) is 3.75. The molecule has 1 rings (SSSR count). The first-order chi connectivity index (χ1) is 32.1. The number of aliphatic hydroxyl groups is 3. The Morgan fingerprint density at radius 3 is 1.53 bits per heavy atom. The van der Waals surface area contributed by atoms with Crippen LogP contribution >= 0.6 is 0 Å². The third-order valence-electron chi connectivity index (χ3n) is 10.7. The van der Waals surface area contributed by atoms with Crippen molar-refractivity contribution in [2.24, 2.45) is 0 Å². The van der Waals surface area contributed by atoms with E-state index in [1.807, 2.05) is 6.08 Å². The number of ether oxygens (including phenoxy) is 4. The molecule has 6 unspecified atom stereocenters. The number of unbranched alkanes of at least 4 members (excludes halogenated alkanes) is 13. The lowest BCUT2D eigenvalue weighted by Crippen LogP contribution is -2.60. The zero-order valence-electron chi connectivity index (χ0n) is 40.5. The van der Waals surface area contributed by atoms with Crippen molar-refractivity contribution in [2.45, 2.75) is 205 Å². The van der Waals surface area contributed by atoms with Gasteiger partial charge in [0, 0.05) is 13.0 Å². The molecule has 1 saturated heterocycles. The summed E-state index contributed by atoms with van der Waals surface area (Å²) in [5.41, 5.74) is 0. The Morgan fingerprint density at radius 2 is 1.05 bits per heavy atom. The van der Waals surface area contributed by atoms with Gasteiger partial charge in [0.25, 0.3) is 0 Å². The van der Waals surface area contributed by atoms with Crippen molar-refractivity contribution in [2.75, 3.05) is 26.4 Å². The first-order valence-electron chi connectivity index (χ1n) is 25.0. The molecule has 1 aliphatic heterocycles. The molecule has 0 aromatic rings. The third-order valence-corrected chi connectivity index (χ3v) is 11.2. The molecule has 0 amide bonds. The van der Waals surface area contributed by atoms with E-state index in [2.05, 4.69) is 109 Å². The van der Waals surface area contributed by atoms with Crippen LogP contribution < -0.4 is 0 Å². The molecule has 1 fully saturated rings. The first-order valence-corrected chi connectivity index (χ1v) is 26.4. The van der Waals surface area contributed by atoms with Gasteiger partial charge in [0.15, 0.2) is 6.29 Å². The summed E-state index contributed by atoms with van der Waals surface area (Å²) in [7, 11) is -5.08. The molecule has 1 heterocycles.